The van der Waals surface area contributed by atoms with Crippen LogP contribution in [0.2, 0.25) is 0 Å². The Morgan fingerprint density at radius 3 is 2.72 bits per heavy atom. The molecule has 0 saturated carbocycles. The summed E-state index contributed by atoms with van der Waals surface area (Å²) >= 11 is 0. The van der Waals surface area contributed by atoms with Crippen LogP contribution in [-0.4, -0.2) is 47.0 Å². The summed E-state index contributed by atoms with van der Waals surface area (Å²) in [5, 5.41) is 4.11. The van der Waals surface area contributed by atoms with Gasteiger partial charge >= 0.3 is 0 Å². The van der Waals surface area contributed by atoms with Gasteiger partial charge in [0.2, 0.25) is 0 Å². The quantitative estimate of drug-likeness (QED) is 0.863. The molecule has 1 aliphatic carbocycles. The normalized spacial score (nSPS) is 21.2. The number of benzene rings is 1. The van der Waals surface area contributed by atoms with Crippen LogP contribution in [0.3, 0.4) is 0 Å². The first kappa shape index (κ1) is 16.3. The molecular weight excluding hydrogens is 314 g/mol. The molecule has 132 valence electrons. The average molecular weight is 339 g/mol. The second-order valence-electron chi connectivity index (χ2n) is 7.33. The molecule has 2 aliphatic rings. The molecule has 1 fully saturated rings. The van der Waals surface area contributed by atoms with E-state index >= 15 is 0 Å². The summed E-state index contributed by atoms with van der Waals surface area (Å²) in [7, 11) is 0. The highest BCUT2D eigenvalue weighted by atomic mass is 16.5. The number of aromatic nitrogens is 1. The van der Waals surface area contributed by atoms with Gasteiger partial charge in [-0.05, 0) is 24.3 Å². The topological polar surface area (TPSA) is 49.6 Å². The maximum absolute atomic E-state index is 12.9. The average Bonchev–Trinajstić information content (AvgIpc) is 3.05. The summed E-state index contributed by atoms with van der Waals surface area (Å²) in [5.41, 5.74) is 2.93. The predicted octanol–water partition coefficient (Wildman–Crippen LogP) is 2.76. The summed E-state index contributed by atoms with van der Waals surface area (Å²) in [4.78, 5) is 17.2. The van der Waals surface area contributed by atoms with Gasteiger partial charge in [-0.15, -0.1) is 0 Å². The zero-order valence-corrected chi connectivity index (χ0v) is 14.8. The van der Waals surface area contributed by atoms with Crippen LogP contribution in [0.1, 0.15) is 40.7 Å². The number of rotatable bonds is 3. The molecule has 0 spiro atoms. The number of nitrogens with zero attached hydrogens (tertiary/aromatic N) is 3. The Balaban J connectivity index is 1.38. The molecule has 1 aliphatic heterocycles. The highest BCUT2D eigenvalue weighted by Crippen LogP contribution is 2.28. The maximum Gasteiger partial charge on any atom is 0.276 e. The molecule has 1 atom stereocenters. The van der Waals surface area contributed by atoms with Crippen LogP contribution in [0.15, 0.2) is 34.9 Å². The fourth-order valence-corrected chi connectivity index (χ4v) is 3.85. The number of hydrogen-bond acceptors (Lipinski definition) is 4. The van der Waals surface area contributed by atoms with Crippen molar-refractivity contribution in [1.82, 2.24) is 15.0 Å². The summed E-state index contributed by atoms with van der Waals surface area (Å²) in [6.45, 7) is 6.48. The van der Waals surface area contributed by atoms with E-state index in [2.05, 4.69) is 41.2 Å². The van der Waals surface area contributed by atoms with E-state index in [0.717, 1.165) is 63.3 Å². The number of carbonyl (C=O) groups excluding carboxylic acids is 1. The smallest absolute Gasteiger partial charge is 0.276 e. The van der Waals surface area contributed by atoms with Gasteiger partial charge in [0.05, 0.1) is 0 Å². The van der Waals surface area contributed by atoms with Crippen LogP contribution in [0, 0.1) is 5.92 Å². The Hall–Kier alpha value is -2.14. The van der Waals surface area contributed by atoms with Crippen LogP contribution in [0.25, 0.3) is 0 Å². The van der Waals surface area contributed by atoms with Gasteiger partial charge in [0.1, 0.15) is 5.76 Å². The van der Waals surface area contributed by atoms with Crippen molar-refractivity contribution in [3.8, 4) is 0 Å². The summed E-state index contributed by atoms with van der Waals surface area (Å²) in [6, 6.07) is 10.5. The minimum Gasteiger partial charge on any atom is -0.360 e. The van der Waals surface area contributed by atoms with Gasteiger partial charge < -0.3 is 9.42 Å². The van der Waals surface area contributed by atoms with Gasteiger partial charge in [0, 0.05) is 44.7 Å². The van der Waals surface area contributed by atoms with E-state index in [1.807, 2.05) is 11.0 Å². The van der Waals surface area contributed by atoms with Crippen molar-refractivity contribution in [1.29, 1.82) is 0 Å². The number of aryl methyl sites for hydroxylation is 1. The molecule has 0 radical (unpaired) electrons. The second-order valence-corrected chi connectivity index (χ2v) is 7.33. The van der Waals surface area contributed by atoms with E-state index in [0.29, 0.717) is 11.6 Å². The molecule has 25 heavy (non-hydrogen) atoms. The van der Waals surface area contributed by atoms with E-state index in [-0.39, 0.29) is 5.91 Å². The van der Waals surface area contributed by atoms with Crippen LogP contribution >= 0.6 is 0 Å². The third kappa shape index (κ3) is 3.47. The molecule has 1 aromatic heterocycles. The monoisotopic (exact) mass is 339 g/mol. The fourth-order valence-electron chi connectivity index (χ4n) is 3.85. The zero-order chi connectivity index (χ0) is 17.2. The molecule has 0 bridgehead atoms. The standard InChI is InChI=1S/C20H25N3O2/c1-15-7-8-18-17(13-15)19(21-25-18)20(24)23-11-9-22(10-12-23)14-16-5-3-2-4-6-16/h2-6,15H,7-14H2,1H3/t15-/m1/s1. The van der Waals surface area contributed by atoms with E-state index in [9.17, 15) is 4.79 Å². The molecule has 1 saturated heterocycles. The van der Waals surface area contributed by atoms with Gasteiger partial charge in [0.15, 0.2) is 5.69 Å². The number of amides is 1. The van der Waals surface area contributed by atoms with Crippen LogP contribution < -0.4 is 0 Å². The first-order valence-electron chi connectivity index (χ1n) is 9.23. The number of piperazine rings is 1. The molecule has 2 heterocycles. The zero-order valence-electron chi connectivity index (χ0n) is 14.8. The lowest BCUT2D eigenvalue weighted by Gasteiger charge is -2.34. The largest absolute Gasteiger partial charge is 0.360 e. The van der Waals surface area contributed by atoms with E-state index in [1.54, 1.807) is 0 Å². The molecule has 5 nitrogen and oxygen atoms in total. The van der Waals surface area contributed by atoms with Crippen molar-refractivity contribution in [3.63, 3.8) is 0 Å². The number of carbonyl (C=O) groups is 1. The lowest BCUT2D eigenvalue weighted by Crippen LogP contribution is -2.48. The molecule has 1 aromatic carbocycles. The van der Waals surface area contributed by atoms with Gasteiger partial charge in [-0.1, -0.05) is 42.4 Å². The van der Waals surface area contributed by atoms with Crippen molar-refractivity contribution < 1.29 is 9.32 Å². The number of hydrogen-bond donors (Lipinski definition) is 0. The first-order valence-corrected chi connectivity index (χ1v) is 9.23. The van der Waals surface area contributed by atoms with Crippen molar-refractivity contribution in [2.24, 2.45) is 5.92 Å². The molecule has 5 heteroatoms. The summed E-state index contributed by atoms with van der Waals surface area (Å²) in [5.74, 6) is 1.56. The van der Waals surface area contributed by atoms with Gasteiger partial charge in [-0.2, -0.15) is 0 Å². The van der Waals surface area contributed by atoms with Gasteiger partial charge in [-0.3, -0.25) is 9.69 Å². The van der Waals surface area contributed by atoms with Crippen molar-refractivity contribution >= 4 is 5.91 Å². The van der Waals surface area contributed by atoms with Gasteiger partial charge in [-0.25, -0.2) is 0 Å². The third-order valence-electron chi connectivity index (χ3n) is 5.40. The maximum atomic E-state index is 12.9. The molecule has 4 rings (SSSR count). The highest BCUT2D eigenvalue weighted by molar-refractivity contribution is 5.94. The minimum atomic E-state index is 0.0402. The summed E-state index contributed by atoms with van der Waals surface area (Å²) < 4.78 is 5.44. The lowest BCUT2D eigenvalue weighted by atomic mass is 9.88. The van der Waals surface area contributed by atoms with Crippen molar-refractivity contribution in [2.75, 3.05) is 26.2 Å². The van der Waals surface area contributed by atoms with Crippen molar-refractivity contribution in [2.45, 2.75) is 32.7 Å². The Kier molecular flexibility index (Phi) is 4.57. The fraction of sp³-hybridized carbons (Fsp3) is 0.500. The Labute approximate surface area is 148 Å². The molecule has 1 amide bonds. The Bertz CT molecular complexity index is 733. The van der Waals surface area contributed by atoms with E-state index in [4.69, 9.17) is 4.52 Å². The molecule has 0 unspecified atom stereocenters. The Morgan fingerprint density at radius 1 is 1.20 bits per heavy atom. The Morgan fingerprint density at radius 2 is 1.96 bits per heavy atom. The second kappa shape index (κ2) is 7.00. The SMILES string of the molecule is C[C@@H]1CCc2onc(C(=O)N3CCN(Cc4ccccc4)CC3)c2C1. The van der Waals surface area contributed by atoms with Crippen LogP contribution in [0.4, 0.5) is 0 Å². The number of fused-ring (bicyclic) bond motifs is 1. The van der Waals surface area contributed by atoms with Gasteiger partial charge in [0.25, 0.3) is 5.91 Å². The lowest BCUT2D eigenvalue weighted by molar-refractivity contribution is 0.0617. The first-order chi connectivity index (χ1) is 12.2. The predicted molar refractivity (Wildman–Crippen MR) is 95.3 cm³/mol. The van der Waals surface area contributed by atoms with Crippen LogP contribution in [0.5, 0.6) is 0 Å². The molecular formula is C20H25N3O2. The minimum absolute atomic E-state index is 0.0402. The highest BCUT2D eigenvalue weighted by Gasteiger charge is 2.30. The van der Waals surface area contributed by atoms with Crippen LogP contribution in [-0.2, 0) is 19.4 Å². The summed E-state index contributed by atoms with van der Waals surface area (Å²) in [6.07, 6.45) is 2.93. The van der Waals surface area contributed by atoms with E-state index < -0.39 is 0 Å². The van der Waals surface area contributed by atoms with Crippen molar-refractivity contribution in [3.05, 3.63) is 52.9 Å². The molecule has 2 aromatic rings. The third-order valence-corrected chi connectivity index (χ3v) is 5.40. The van der Waals surface area contributed by atoms with E-state index in [1.165, 1.54) is 5.56 Å². The molecule has 0 N–H and O–H groups in total.